The number of rotatable bonds is 12. The van der Waals surface area contributed by atoms with Gasteiger partial charge in [-0.2, -0.15) is 0 Å². The van der Waals surface area contributed by atoms with Crippen LogP contribution in [0, 0.1) is 0 Å². The molecule has 24 heavy (non-hydrogen) atoms. The summed E-state index contributed by atoms with van der Waals surface area (Å²) in [4.78, 5) is 0. The quantitative estimate of drug-likeness (QED) is 0.465. The van der Waals surface area contributed by atoms with E-state index in [0.717, 1.165) is 38.5 Å². The summed E-state index contributed by atoms with van der Waals surface area (Å²) in [5.74, 6) is 0. The summed E-state index contributed by atoms with van der Waals surface area (Å²) >= 11 is 0. The second-order valence-corrected chi connectivity index (χ2v) is 6.54. The highest BCUT2D eigenvalue weighted by Gasteiger charge is 2.51. The van der Waals surface area contributed by atoms with Crippen LogP contribution in [0.2, 0.25) is 0 Å². The molecule has 0 aromatic rings. The summed E-state index contributed by atoms with van der Waals surface area (Å²) in [6, 6.07) is 0. The first kappa shape index (κ1) is 21.8. The molecule has 144 valence electrons. The van der Waals surface area contributed by atoms with E-state index in [9.17, 15) is 15.3 Å². The summed E-state index contributed by atoms with van der Waals surface area (Å²) in [6.07, 6.45) is -0.180. The van der Waals surface area contributed by atoms with Gasteiger partial charge in [-0.25, -0.2) is 0 Å². The van der Waals surface area contributed by atoms with Crippen molar-refractivity contribution in [3.8, 4) is 0 Å². The zero-order valence-corrected chi connectivity index (χ0v) is 15.4. The Labute approximate surface area is 146 Å². The lowest BCUT2D eigenvalue weighted by Crippen LogP contribution is -2.65. The molecule has 1 fully saturated rings. The summed E-state index contributed by atoms with van der Waals surface area (Å²) in [5, 5.41) is 31.5. The molecule has 0 spiro atoms. The van der Waals surface area contributed by atoms with Crippen LogP contribution in [-0.2, 0) is 14.2 Å². The fraction of sp³-hybridized carbons (Fsp3) is 1.00. The van der Waals surface area contributed by atoms with Gasteiger partial charge in [-0.15, -0.1) is 0 Å². The predicted octanol–water partition coefficient (Wildman–Crippen LogP) is 1.64. The van der Waals surface area contributed by atoms with E-state index in [4.69, 9.17) is 14.2 Å². The Morgan fingerprint density at radius 1 is 0.542 bits per heavy atom. The molecule has 6 atom stereocenters. The smallest absolute Gasteiger partial charge is 0.115 e. The Balaban J connectivity index is 2.77. The molecule has 6 nitrogen and oxygen atoms in total. The minimum absolute atomic E-state index is 0.436. The zero-order valence-electron chi connectivity index (χ0n) is 15.4. The van der Waals surface area contributed by atoms with Crippen molar-refractivity contribution < 1.29 is 29.5 Å². The van der Waals surface area contributed by atoms with Gasteiger partial charge in [-0.3, -0.25) is 0 Å². The molecular formula is C18H36O6. The average molecular weight is 348 g/mol. The average Bonchev–Trinajstić information content (AvgIpc) is 2.58. The lowest BCUT2D eigenvalue weighted by atomic mass is 9.84. The van der Waals surface area contributed by atoms with Gasteiger partial charge in [0.15, 0.2) is 0 Å². The van der Waals surface area contributed by atoms with E-state index < -0.39 is 36.6 Å². The minimum atomic E-state index is -1.19. The molecule has 0 saturated heterocycles. The molecule has 0 radical (unpaired) electrons. The van der Waals surface area contributed by atoms with Crippen LogP contribution in [0.5, 0.6) is 0 Å². The van der Waals surface area contributed by atoms with Crippen molar-refractivity contribution in [1.29, 1.82) is 0 Å². The fourth-order valence-electron chi connectivity index (χ4n) is 2.84. The van der Waals surface area contributed by atoms with Crippen molar-refractivity contribution in [2.75, 3.05) is 19.8 Å². The number of ether oxygens (including phenoxy) is 3. The van der Waals surface area contributed by atoms with E-state index >= 15 is 0 Å². The number of aliphatic hydroxyl groups excluding tert-OH is 3. The molecular weight excluding hydrogens is 312 g/mol. The maximum absolute atomic E-state index is 10.6. The largest absolute Gasteiger partial charge is 0.387 e. The molecule has 1 aliphatic rings. The highest BCUT2D eigenvalue weighted by Crippen LogP contribution is 2.28. The highest BCUT2D eigenvalue weighted by molar-refractivity contribution is 5.01. The van der Waals surface area contributed by atoms with Gasteiger partial charge >= 0.3 is 0 Å². The third kappa shape index (κ3) is 6.24. The predicted molar refractivity (Wildman–Crippen MR) is 92.0 cm³/mol. The monoisotopic (exact) mass is 348 g/mol. The van der Waals surface area contributed by atoms with Gasteiger partial charge in [-0.05, 0) is 19.3 Å². The van der Waals surface area contributed by atoms with E-state index in [1.54, 1.807) is 0 Å². The van der Waals surface area contributed by atoms with Crippen molar-refractivity contribution in [2.45, 2.75) is 95.9 Å². The molecule has 1 aliphatic carbocycles. The van der Waals surface area contributed by atoms with Gasteiger partial charge in [0.1, 0.15) is 36.6 Å². The van der Waals surface area contributed by atoms with E-state index in [1.807, 2.05) is 6.92 Å². The first-order chi connectivity index (χ1) is 11.6. The lowest BCUT2D eigenvalue weighted by molar-refractivity contribution is -0.256. The second-order valence-electron chi connectivity index (χ2n) is 6.54. The molecule has 0 amide bonds. The first-order valence-electron chi connectivity index (χ1n) is 9.47. The summed E-state index contributed by atoms with van der Waals surface area (Å²) in [6.45, 7) is 7.54. The van der Waals surface area contributed by atoms with Crippen LogP contribution in [0.25, 0.3) is 0 Å². The van der Waals surface area contributed by atoms with Crippen LogP contribution >= 0.6 is 0 Å². The topological polar surface area (TPSA) is 88.4 Å². The van der Waals surface area contributed by atoms with Crippen LogP contribution in [0.3, 0.4) is 0 Å². The molecule has 6 heteroatoms. The molecule has 0 aliphatic heterocycles. The highest BCUT2D eigenvalue weighted by atomic mass is 16.6. The molecule has 0 heterocycles. The third-order valence-corrected chi connectivity index (χ3v) is 4.44. The Hall–Kier alpha value is -0.240. The zero-order chi connectivity index (χ0) is 17.9. The molecule has 1 rings (SSSR count). The van der Waals surface area contributed by atoms with Crippen molar-refractivity contribution in [3.05, 3.63) is 0 Å². The van der Waals surface area contributed by atoms with Crippen molar-refractivity contribution in [2.24, 2.45) is 0 Å². The van der Waals surface area contributed by atoms with Gasteiger partial charge in [0.05, 0.1) is 0 Å². The van der Waals surface area contributed by atoms with Gasteiger partial charge in [0.2, 0.25) is 0 Å². The van der Waals surface area contributed by atoms with Crippen LogP contribution in [0.4, 0.5) is 0 Å². The SMILES string of the molecule is CCCCO[C@H]1[C@H](O)[C@H](O)[C@H](OCCCC)[C@@H](OCCCC)[C@@H]1O. The van der Waals surface area contributed by atoms with Crippen molar-refractivity contribution in [1.82, 2.24) is 0 Å². The number of hydrogen-bond acceptors (Lipinski definition) is 6. The molecule has 0 bridgehead atoms. The maximum atomic E-state index is 10.6. The molecule has 3 N–H and O–H groups in total. The van der Waals surface area contributed by atoms with Crippen molar-refractivity contribution in [3.63, 3.8) is 0 Å². The standard InChI is InChI=1S/C18H36O6/c1-4-7-10-22-16-13(19)14(20)17(23-11-8-5-2)18(15(16)21)24-12-9-6-3/h13-21H,4-12H2,1-3H3/t13-,14+,15-,16+,17+,18+/m1/s1. The maximum Gasteiger partial charge on any atom is 0.115 e. The molecule has 0 unspecified atom stereocenters. The van der Waals surface area contributed by atoms with Crippen LogP contribution in [-0.4, -0.2) is 71.8 Å². The van der Waals surface area contributed by atoms with Gasteiger partial charge < -0.3 is 29.5 Å². The lowest BCUT2D eigenvalue weighted by Gasteiger charge is -2.45. The Morgan fingerprint density at radius 3 is 1.29 bits per heavy atom. The second kappa shape index (κ2) is 12.2. The van der Waals surface area contributed by atoms with Gasteiger partial charge in [0.25, 0.3) is 0 Å². The van der Waals surface area contributed by atoms with Crippen molar-refractivity contribution >= 4 is 0 Å². The Bertz CT molecular complexity index is 314. The molecule has 0 aromatic carbocycles. The van der Waals surface area contributed by atoms with Gasteiger partial charge in [0, 0.05) is 19.8 Å². The van der Waals surface area contributed by atoms with Crippen LogP contribution in [0.1, 0.15) is 59.3 Å². The molecule has 1 saturated carbocycles. The van der Waals surface area contributed by atoms with Crippen LogP contribution in [0.15, 0.2) is 0 Å². The summed E-state index contributed by atoms with van der Waals surface area (Å²) in [7, 11) is 0. The number of hydrogen-bond donors (Lipinski definition) is 3. The summed E-state index contributed by atoms with van der Waals surface area (Å²) < 4.78 is 17.2. The Morgan fingerprint density at radius 2 is 0.875 bits per heavy atom. The van der Waals surface area contributed by atoms with Gasteiger partial charge in [-0.1, -0.05) is 40.0 Å². The van der Waals surface area contributed by atoms with E-state index in [0.29, 0.717) is 19.8 Å². The Kier molecular flexibility index (Phi) is 11.1. The summed E-state index contributed by atoms with van der Waals surface area (Å²) in [5.41, 5.74) is 0. The number of unbranched alkanes of at least 4 members (excludes halogenated alkanes) is 3. The van der Waals surface area contributed by atoms with Crippen LogP contribution < -0.4 is 0 Å². The third-order valence-electron chi connectivity index (χ3n) is 4.44. The first-order valence-corrected chi connectivity index (χ1v) is 9.47. The number of aliphatic hydroxyl groups is 3. The molecule has 0 aromatic heterocycles. The fourth-order valence-corrected chi connectivity index (χ4v) is 2.84. The minimum Gasteiger partial charge on any atom is -0.387 e. The van der Waals surface area contributed by atoms with E-state index in [2.05, 4.69) is 13.8 Å². The normalized spacial score (nSPS) is 33.8. The van der Waals surface area contributed by atoms with E-state index in [-0.39, 0.29) is 0 Å². The van der Waals surface area contributed by atoms with E-state index in [1.165, 1.54) is 0 Å².